The summed E-state index contributed by atoms with van der Waals surface area (Å²) in [5.74, 6) is -0.323. The van der Waals surface area contributed by atoms with Crippen molar-refractivity contribution in [3.63, 3.8) is 0 Å². The van der Waals surface area contributed by atoms with Crippen molar-refractivity contribution in [3.8, 4) is 0 Å². The summed E-state index contributed by atoms with van der Waals surface area (Å²) in [6, 6.07) is 5.50. The number of carbonyl (C=O) groups excluding carboxylic acids is 1. The van der Waals surface area contributed by atoms with Crippen LogP contribution in [0.4, 0.5) is 5.69 Å². The Morgan fingerprint density at radius 2 is 2.00 bits per heavy atom. The van der Waals surface area contributed by atoms with Crippen LogP contribution in [0.25, 0.3) is 10.9 Å². The number of nitrogen functional groups attached to an aromatic ring is 1. The number of hydrogen-bond acceptors (Lipinski definition) is 3. The minimum absolute atomic E-state index is 0.117. The molecule has 0 fully saturated rings. The predicted octanol–water partition coefficient (Wildman–Crippen LogP) is 3.47. The highest BCUT2D eigenvalue weighted by molar-refractivity contribution is 6.00. The van der Waals surface area contributed by atoms with Crippen molar-refractivity contribution < 1.29 is 4.79 Å². The number of hydrogen-bond donors (Lipinski definition) is 2. The number of carbonyl (C=O) groups is 1. The van der Waals surface area contributed by atoms with Gasteiger partial charge in [0.25, 0.3) is 5.91 Å². The molecule has 0 radical (unpaired) electrons. The van der Waals surface area contributed by atoms with Gasteiger partial charge in [-0.3, -0.25) is 9.59 Å². The number of amides is 1. The third-order valence-corrected chi connectivity index (χ3v) is 4.21. The third-order valence-electron chi connectivity index (χ3n) is 4.21. The number of pyridine rings is 1. The molecule has 0 saturated heterocycles. The lowest BCUT2D eigenvalue weighted by molar-refractivity contribution is 0.0951. The minimum Gasteiger partial charge on any atom is -0.398 e. The Hall–Kier alpha value is -2.30. The zero-order valence-electron chi connectivity index (χ0n) is 14.8. The largest absolute Gasteiger partial charge is 0.398 e. The normalized spacial score (nSPS) is 11.2. The number of unbranched alkanes of at least 4 members (excludes halogenated alkanes) is 3. The van der Waals surface area contributed by atoms with Crippen molar-refractivity contribution >= 4 is 22.5 Å². The molecule has 1 aromatic carbocycles. The lowest BCUT2D eigenvalue weighted by Crippen LogP contribution is -2.31. The molecule has 0 aliphatic carbocycles. The number of benzene rings is 1. The van der Waals surface area contributed by atoms with Crippen LogP contribution < -0.4 is 16.5 Å². The molecule has 0 aliphatic heterocycles. The van der Waals surface area contributed by atoms with Crippen LogP contribution in [-0.2, 0) is 0 Å². The topological polar surface area (TPSA) is 77.1 Å². The molecule has 0 unspecified atom stereocenters. The average molecular weight is 329 g/mol. The highest BCUT2D eigenvalue weighted by Crippen LogP contribution is 2.21. The van der Waals surface area contributed by atoms with E-state index < -0.39 is 0 Å². The first kappa shape index (κ1) is 18.0. The second-order valence-electron chi connectivity index (χ2n) is 6.43. The molecule has 3 N–H and O–H groups in total. The molecule has 0 spiro atoms. The monoisotopic (exact) mass is 329 g/mol. The zero-order valence-corrected chi connectivity index (χ0v) is 14.8. The van der Waals surface area contributed by atoms with Crippen LogP contribution in [0.5, 0.6) is 0 Å². The maximum Gasteiger partial charge on any atom is 0.256 e. The second kappa shape index (κ2) is 7.99. The van der Waals surface area contributed by atoms with Crippen LogP contribution in [0.2, 0.25) is 0 Å². The van der Waals surface area contributed by atoms with Gasteiger partial charge in [0.15, 0.2) is 0 Å². The van der Waals surface area contributed by atoms with E-state index in [1.807, 2.05) is 30.5 Å². The van der Waals surface area contributed by atoms with Crippen LogP contribution in [0.3, 0.4) is 0 Å². The Kier molecular flexibility index (Phi) is 6.01. The van der Waals surface area contributed by atoms with E-state index >= 15 is 0 Å². The number of rotatable bonds is 7. The third kappa shape index (κ3) is 3.78. The average Bonchev–Trinajstić information content (AvgIpc) is 2.54. The fourth-order valence-corrected chi connectivity index (χ4v) is 2.86. The van der Waals surface area contributed by atoms with Crippen molar-refractivity contribution in [2.75, 3.05) is 12.3 Å². The lowest BCUT2D eigenvalue weighted by atomic mass is 10.1. The molecule has 24 heavy (non-hydrogen) atoms. The quantitative estimate of drug-likeness (QED) is 0.603. The number of anilines is 1. The van der Waals surface area contributed by atoms with Gasteiger partial charge in [0.05, 0.1) is 10.9 Å². The van der Waals surface area contributed by atoms with Gasteiger partial charge in [-0.1, -0.05) is 32.3 Å². The van der Waals surface area contributed by atoms with Crippen molar-refractivity contribution in [2.24, 2.45) is 0 Å². The first-order valence-corrected chi connectivity index (χ1v) is 8.68. The Morgan fingerprint density at radius 3 is 2.67 bits per heavy atom. The number of nitrogens with zero attached hydrogens (tertiary/aromatic N) is 1. The van der Waals surface area contributed by atoms with Gasteiger partial charge >= 0.3 is 0 Å². The first-order valence-electron chi connectivity index (χ1n) is 8.68. The van der Waals surface area contributed by atoms with Gasteiger partial charge in [0, 0.05) is 24.5 Å². The SMILES string of the molecule is CCCCCCNC(=O)c1cn(C(C)C)c2cccc(N)c2c1=O. The Bertz CT molecular complexity index is 778. The van der Waals surface area contributed by atoms with E-state index in [4.69, 9.17) is 5.73 Å². The molecule has 2 aromatic rings. The summed E-state index contributed by atoms with van der Waals surface area (Å²) < 4.78 is 1.93. The van der Waals surface area contributed by atoms with Crippen LogP contribution >= 0.6 is 0 Å². The van der Waals surface area contributed by atoms with Gasteiger partial charge in [-0.05, 0) is 32.4 Å². The fraction of sp³-hybridized carbons (Fsp3) is 0.474. The van der Waals surface area contributed by atoms with E-state index in [2.05, 4.69) is 12.2 Å². The Balaban J connectivity index is 2.37. The van der Waals surface area contributed by atoms with E-state index in [1.165, 1.54) is 0 Å². The molecular formula is C19H27N3O2. The molecular weight excluding hydrogens is 302 g/mol. The van der Waals surface area contributed by atoms with Crippen LogP contribution in [-0.4, -0.2) is 17.0 Å². The summed E-state index contributed by atoms with van der Waals surface area (Å²) in [6.45, 7) is 6.76. The van der Waals surface area contributed by atoms with E-state index in [0.717, 1.165) is 31.2 Å². The molecule has 0 atom stereocenters. The molecule has 0 bridgehead atoms. The maximum absolute atomic E-state index is 12.7. The zero-order chi connectivity index (χ0) is 17.7. The highest BCUT2D eigenvalue weighted by atomic mass is 16.2. The van der Waals surface area contributed by atoms with Gasteiger partial charge in [-0.2, -0.15) is 0 Å². The van der Waals surface area contributed by atoms with E-state index in [-0.39, 0.29) is 22.9 Å². The molecule has 0 aliphatic rings. The van der Waals surface area contributed by atoms with Crippen LogP contribution in [0.1, 0.15) is 62.9 Å². The summed E-state index contributed by atoms with van der Waals surface area (Å²) in [5.41, 5.74) is 7.03. The van der Waals surface area contributed by atoms with Crippen molar-refractivity contribution in [3.05, 3.63) is 40.2 Å². The minimum atomic E-state index is -0.323. The maximum atomic E-state index is 12.7. The summed E-state index contributed by atoms with van der Waals surface area (Å²) in [5, 5.41) is 3.28. The van der Waals surface area contributed by atoms with Gasteiger partial charge in [0.2, 0.25) is 5.43 Å². The Labute approximate surface area is 142 Å². The summed E-state index contributed by atoms with van der Waals surface area (Å²) in [7, 11) is 0. The number of nitrogens with one attached hydrogen (secondary N) is 1. The summed E-state index contributed by atoms with van der Waals surface area (Å²) in [4.78, 5) is 25.2. The number of nitrogens with two attached hydrogens (primary N) is 1. The summed E-state index contributed by atoms with van der Waals surface area (Å²) in [6.07, 6.45) is 5.96. The van der Waals surface area contributed by atoms with Crippen molar-refractivity contribution in [1.29, 1.82) is 0 Å². The van der Waals surface area contributed by atoms with E-state index in [9.17, 15) is 9.59 Å². The van der Waals surface area contributed by atoms with Crippen molar-refractivity contribution in [2.45, 2.75) is 52.5 Å². The molecule has 0 saturated carbocycles. The molecule has 130 valence electrons. The van der Waals surface area contributed by atoms with Gasteiger partial charge in [-0.25, -0.2) is 0 Å². The molecule has 5 heteroatoms. The standard InChI is InChI=1S/C19H27N3O2/c1-4-5-6-7-11-21-19(24)14-12-22(13(2)3)16-10-8-9-15(20)17(16)18(14)23/h8-10,12-13H,4-7,11,20H2,1-3H3,(H,21,24). The van der Waals surface area contributed by atoms with Gasteiger partial charge in [-0.15, -0.1) is 0 Å². The van der Waals surface area contributed by atoms with Crippen LogP contribution in [0, 0.1) is 0 Å². The first-order chi connectivity index (χ1) is 11.5. The van der Waals surface area contributed by atoms with E-state index in [0.29, 0.717) is 17.6 Å². The molecule has 1 heterocycles. The summed E-state index contributed by atoms with van der Waals surface area (Å²) >= 11 is 0. The highest BCUT2D eigenvalue weighted by Gasteiger charge is 2.17. The smallest absolute Gasteiger partial charge is 0.256 e. The predicted molar refractivity (Wildman–Crippen MR) is 99.5 cm³/mol. The van der Waals surface area contributed by atoms with Gasteiger partial charge < -0.3 is 15.6 Å². The fourth-order valence-electron chi connectivity index (χ4n) is 2.86. The molecule has 1 amide bonds. The molecule has 2 rings (SSSR count). The van der Waals surface area contributed by atoms with Crippen LogP contribution in [0.15, 0.2) is 29.2 Å². The second-order valence-corrected chi connectivity index (χ2v) is 6.43. The van der Waals surface area contributed by atoms with Gasteiger partial charge in [0.1, 0.15) is 5.56 Å². The lowest BCUT2D eigenvalue weighted by Gasteiger charge is -2.17. The Morgan fingerprint density at radius 1 is 1.25 bits per heavy atom. The van der Waals surface area contributed by atoms with E-state index in [1.54, 1.807) is 12.3 Å². The number of aromatic nitrogens is 1. The number of fused-ring (bicyclic) bond motifs is 1. The molecule has 1 aromatic heterocycles. The molecule has 5 nitrogen and oxygen atoms in total. The van der Waals surface area contributed by atoms with Crippen molar-refractivity contribution in [1.82, 2.24) is 9.88 Å².